The number of hydrogen-bond acceptors (Lipinski definition) is 6. The van der Waals surface area contributed by atoms with E-state index in [1.807, 2.05) is 6.92 Å². The average molecular weight is 398 g/mol. The lowest BCUT2D eigenvalue weighted by molar-refractivity contribution is -0.116. The zero-order valence-electron chi connectivity index (χ0n) is 16.7. The first kappa shape index (κ1) is 20.1. The number of fused-ring (bicyclic) bond motifs is 1. The van der Waals surface area contributed by atoms with Crippen LogP contribution in [0.3, 0.4) is 0 Å². The number of nitrogens with zero attached hydrogens (tertiary/aromatic N) is 3. The maximum atomic E-state index is 13.0. The highest BCUT2D eigenvalue weighted by Gasteiger charge is 2.19. The largest absolute Gasteiger partial charge is 0.495 e. The number of ether oxygens (including phenoxy) is 2. The lowest BCUT2D eigenvalue weighted by Gasteiger charge is -2.13. The summed E-state index contributed by atoms with van der Waals surface area (Å²) >= 11 is 0. The van der Waals surface area contributed by atoms with E-state index in [1.54, 1.807) is 31.2 Å². The summed E-state index contributed by atoms with van der Waals surface area (Å²) in [7, 11) is 2.93. The monoisotopic (exact) mass is 398 g/mol. The maximum absolute atomic E-state index is 13.0. The molecule has 2 heterocycles. The Morgan fingerprint density at radius 2 is 1.90 bits per heavy atom. The normalized spacial score (nSPS) is 10.8. The Labute approximate surface area is 166 Å². The van der Waals surface area contributed by atoms with E-state index in [-0.39, 0.29) is 11.0 Å². The van der Waals surface area contributed by atoms with Crippen molar-refractivity contribution in [3.05, 3.63) is 56.9 Å². The molecule has 0 atom stereocenters. The van der Waals surface area contributed by atoms with Gasteiger partial charge < -0.3 is 14.8 Å². The zero-order valence-corrected chi connectivity index (χ0v) is 16.7. The Morgan fingerprint density at radius 1 is 1.21 bits per heavy atom. The molecule has 0 radical (unpaired) electrons. The highest BCUT2D eigenvalue weighted by atomic mass is 16.5. The summed E-state index contributed by atoms with van der Waals surface area (Å²) in [6.07, 6.45) is 1.53. The van der Waals surface area contributed by atoms with E-state index in [1.165, 1.54) is 24.9 Å². The van der Waals surface area contributed by atoms with Crippen molar-refractivity contribution in [2.24, 2.45) is 7.05 Å². The molecule has 9 heteroatoms. The number of pyridine rings is 1. The van der Waals surface area contributed by atoms with Gasteiger partial charge in [-0.1, -0.05) is 0 Å². The summed E-state index contributed by atoms with van der Waals surface area (Å²) in [5.74, 6) is 0.503. The van der Waals surface area contributed by atoms with Gasteiger partial charge in [0, 0.05) is 24.5 Å². The third-order valence-corrected chi connectivity index (χ3v) is 4.44. The lowest BCUT2D eigenvalue weighted by atomic mass is 10.2. The Kier molecular flexibility index (Phi) is 5.67. The van der Waals surface area contributed by atoms with Gasteiger partial charge in [-0.15, -0.1) is 0 Å². The molecule has 0 saturated heterocycles. The molecule has 152 valence electrons. The number of methoxy groups -OCH3 is 1. The topological polar surface area (TPSA) is 104 Å². The summed E-state index contributed by atoms with van der Waals surface area (Å²) in [6, 6.07) is 6.81. The molecule has 1 aromatic carbocycles. The second kappa shape index (κ2) is 8.17. The van der Waals surface area contributed by atoms with Crippen molar-refractivity contribution in [1.29, 1.82) is 0 Å². The van der Waals surface area contributed by atoms with Crippen LogP contribution in [-0.2, 0) is 18.4 Å². The number of aryl methyl sites for hydroxylation is 2. The minimum atomic E-state index is -0.636. The third kappa shape index (κ3) is 3.84. The van der Waals surface area contributed by atoms with Crippen LogP contribution in [0.15, 0.2) is 40.1 Å². The summed E-state index contributed by atoms with van der Waals surface area (Å²) in [5, 5.41) is 2.83. The van der Waals surface area contributed by atoms with Gasteiger partial charge in [-0.3, -0.25) is 14.2 Å². The smallest absolute Gasteiger partial charge is 0.332 e. The molecular weight excluding hydrogens is 376 g/mol. The molecule has 3 aromatic rings. The number of carbonyl (C=O) groups excluding carboxylic acids is 1. The van der Waals surface area contributed by atoms with Crippen LogP contribution in [0.5, 0.6) is 11.5 Å². The van der Waals surface area contributed by atoms with Crippen molar-refractivity contribution in [3.8, 4) is 11.5 Å². The van der Waals surface area contributed by atoms with Crippen molar-refractivity contribution in [2.75, 3.05) is 19.0 Å². The van der Waals surface area contributed by atoms with Crippen LogP contribution in [0.1, 0.15) is 12.5 Å². The summed E-state index contributed by atoms with van der Waals surface area (Å²) in [4.78, 5) is 42.3. The standard InChI is InChI=1S/C20H22N4O5/c1-5-29-14-8-6-13(7-9-14)22-15(25)11-24-19(26)16-17(28-4)12(2)10-21-18(16)23(3)20(24)27/h6-10H,5,11H2,1-4H3,(H,22,25). The first-order valence-corrected chi connectivity index (χ1v) is 9.03. The predicted octanol–water partition coefficient (Wildman–Crippen LogP) is 1.45. The maximum Gasteiger partial charge on any atom is 0.332 e. The SMILES string of the molecule is CCOc1ccc(NC(=O)Cn2c(=O)c3c(OC)c(C)cnc3n(C)c2=O)cc1. The van der Waals surface area contributed by atoms with E-state index in [2.05, 4.69) is 10.3 Å². The number of rotatable bonds is 6. The van der Waals surface area contributed by atoms with Crippen molar-refractivity contribution >= 4 is 22.6 Å². The fraction of sp³-hybridized carbons (Fsp3) is 0.300. The molecule has 2 aromatic heterocycles. The van der Waals surface area contributed by atoms with Crippen molar-refractivity contribution in [3.63, 3.8) is 0 Å². The van der Waals surface area contributed by atoms with Gasteiger partial charge in [0.05, 0.1) is 13.7 Å². The number of carbonyl (C=O) groups is 1. The zero-order chi connectivity index (χ0) is 21.1. The lowest BCUT2D eigenvalue weighted by Crippen LogP contribution is -2.42. The Balaban J connectivity index is 1.96. The van der Waals surface area contributed by atoms with Gasteiger partial charge in [0.1, 0.15) is 23.4 Å². The van der Waals surface area contributed by atoms with Crippen LogP contribution in [0.4, 0.5) is 5.69 Å². The van der Waals surface area contributed by atoms with Gasteiger partial charge in [0.15, 0.2) is 5.65 Å². The van der Waals surface area contributed by atoms with Gasteiger partial charge >= 0.3 is 5.69 Å². The molecule has 1 N–H and O–H groups in total. The molecule has 0 aliphatic carbocycles. The molecule has 0 spiro atoms. The Bertz CT molecular complexity index is 1180. The van der Waals surface area contributed by atoms with Crippen molar-refractivity contribution in [2.45, 2.75) is 20.4 Å². The molecule has 0 saturated carbocycles. The number of hydrogen-bond donors (Lipinski definition) is 1. The summed E-state index contributed by atoms with van der Waals surface area (Å²) < 4.78 is 12.8. The molecule has 9 nitrogen and oxygen atoms in total. The number of anilines is 1. The van der Waals surface area contributed by atoms with Crippen LogP contribution < -0.4 is 26.0 Å². The highest BCUT2D eigenvalue weighted by molar-refractivity contribution is 5.91. The van der Waals surface area contributed by atoms with Crippen LogP contribution in [0.25, 0.3) is 11.0 Å². The first-order valence-electron chi connectivity index (χ1n) is 9.03. The van der Waals surface area contributed by atoms with Gasteiger partial charge in [-0.25, -0.2) is 14.3 Å². The van der Waals surface area contributed by atoms with Crippen LogP contribution >= 0.6 is 0 Å². The van der Waals surface area contributed by atoms with E-state index in [4.69, 9.17) is 9.47 Å². The summed E-state index contributed by atoms with van der Waals surface area (Å²) in [6.45, 7) is 3.73. The summed E-state index contributed by atoms with van der Waals surface area (Å²) in [5.41, 5.74) is 0.117. The first-order chi connectivity index (χ1) is 13.9. The Hall–Kier alpha value is -3.62. The molecule has 0 aliphatic heterocycles. The quantitative estimate of drug-likeness (QED) is 0.674. The van der Waals surface area contributed by atoms with Gasteiger partial charge in [0.2, 0.25) is 5.91 Å². The minimum Gasteiger partial charge on any atom is -0.495 e. The van der Waals surface area contributed by atoms with E-state index in [9.17, 15) is 14.4 Å². The predicted molar refractivity (Wildman–Crippen MR) is 109 cm³/mol. The third-order valence-electron chi connectivity index (χ3n) is 4.44. The number of aromatic nitrogens is 3. The highest BCUT2D eigenvalue weighted by Crippen LogP contribution is 2.23. The average Bonchev–Trinajstić information content (AvgIpc) is 2.71. The van der Waals surface area contributed by atoms with Crippen LogP contribution in [0.2, 0.25) is 0 Å². The van der Waals surface area contributed by atoms with Crippen LogP contribution in [0, 0.1) is 6.92 Å². The van der Waals surface area contributed by atoms with Gasteiger partial charge in [0.25, 0.3) is 5.56 Å². The van der Waals surface area contributed by atoms with E-state index >= 15 is 0 Å². The second-order valence-corrected chi connectivity index (χ2v) is 6.41. The number of amides is 1. The van der Waals surface area contributed by atoms with E-state index in [0.29, 0.717) is 29.4 Å². The molecule has 0 aliphatic rings. The second-order valence-electron chi connectivity index (χ2n) is 6.41. The fourth-order valence-electron chi connectivity index (χ4n) is 3.07. The molecule has 29 heavy (non-hydrogen) atoms. The fourth-order valence-corrected chi connectivity index (χ4v) is 3.07. The Morgan fingerprint density at radius 3 is 2.52 bits per heavy atom. The number of nitrogens with one attached hydrogen (secondary N) is 1. The van der Waals surface area contributed by atoms with Crippen molar-refractivity contribution in [1.82, 2.24) is 14.1 Å². The molecule has 0 fully saturated rings. The molecular formula is C20H22N4O5. The molecule has 3 rings (SSSR count). The molecule has 1 amide bonds. The number of benzene rings is 1. The van der Waals surface area contributed by atoms with Crippen LogP contribution in [-0.4, -0.2) is 33.7 Å². The molecule has 0 bridgehead atoms. The minimum absolute atomic E-state index is 0.156. The van der Waals surface area contributed by atoms with Gasteiger partial charge in [-0.2, -0.15) is 0 Å². The van der Waals surface area contributed by atoms with Crippen molar-refractivity contribution < 1.29 is 14.3 Å². The molecule has 0 unspecified atom stereocenters. The van der Waals surface area contributed by atoms with E-state index < -0.39 is 23.7 Å². The van der Waals surface area contributed by atoms with E-state index in [0.717, 1.165) is 4.57 Å². The van der Waals surface area contributed by atoms with Gasteiger partial charge in [-0.05, 0) is 38.1 Å².